The summed E-state index contributed by atoms with van der Waals surface area (Å²) in [5.74, 6) is -0.691. The number of hydrogen-bond acceptors (Lipinski definition) is 2. The Morgan fingerprint density at radius 3 is 2.74 bits per heavy atom. The highest BCUT2D eigenvalue weighted by Crippen LogP contribution is 2.14. The Bertz CT molecular complexity index is 830. The van der Waals surface area contributed by atoms with Crippen LogP contribution in [0.15, 0.2) is 60.9 Å². The van der Waals surface area contributed by atoms with Crippen molar-refractivity contribution in [2.45, 2.75) is 6.54 Å². The van der Waals surface area contributed by atoms with E-state index in [-0.39, 0.29) is 11.7 Å². The van der Waals surface area contributed by atoms with Gasteiger partial charge in [0, 0.05) is 16.8 Å². The van der Waals surface area contributed by atoms with E-state index in [1.165, 1.54) is 24.3 Å². The van der Waals surface area contributed by atoms with E-state index in [9.17, 15) is 9.18 Å². The Morgan fingerprint density at radius 2 is 2.00 bits per heavy atom. The minimum Gasteiger partial charge on any atom is -0.319 e. The number of benzene rings is 2. The molecule has 1 amide bonds. The number of nitrogens with one attached hydrogen (secondary N) is 1. The van der Waals surface area contributed by atoms with Gasteiger partial charge in [0.15, 0.2) is 0 Å². The molecule has 3 aromatic rings. The van der Waals surface area contributed by atoms with Crippen molar-refractivity contribution in [3.63, 3.8) is 0 Å². The maximum Gasteiger partial charge on any atom is 0.255 e. The molecule has 116 valence electrons. The number of anilines is 1. The summed E-state index contributed by atoms with van der Waals surface area (Å²) in [6.45, 7) is 0.549. The van der Waals surface area contributed by atoms with Gasteiger partial charge in [-0.2, -0.15) is 5.10 Å². The van der Waals surface area contributed by atoms with Crippen LogP contribution in [0.5, 0.6) is 0 Å². The largest absolute Gasteiger partial charge is 0.319 e. The summed E-state index contributed by atoms with van der Waals surface area (Å²) in [5, 5.41) is 7.59. The van der Waals surface area contributed by atoms with Gasteiger partial charge < -0.3 is 5.32 Å². The standard InChI is InChI=1S/C17H13ClFN3O/c18-14-3-1-2-12(8-14)10-22-11-16(9-20-22)21-17(23)13-4-6-15(19)7-5-13/h1-9,11H,10H2,(H,21,23). The minimum atomic E-state index is -0.379. The normalized spacial score (nSPS) is 10.5. The molecule has 1 heterocycles. The molecule has 0 aliphatic carbocycles. The molecule has 1 aromatic heterocycles. The lowest BCUT2D eigenvalue weighted by molar-refractivity contribution is 0.102. The van der Waals surface area contributed by atoms with Gasteiger partial charge in [-0.05, 0) is 42.0 Å². The third-order valence-corrected chi connectivity index (χ3v) is 3.47. The topological polar surface area (TPSA) is 46.9 Å². The van der Waals surface area contributed by atoms with Crippen molar-refractivity contribution in [1.82, 2.24) is 9.78 Å². The van der Waals surface area contributed by atoms with E-state index in [1.807, 2.05) is 24.3 Å². The smallest absolute Gasteiger partial charge is 0.255 e. The number of hydrogen-bond donors (Lipinski definition) is 1. The number of aromatic nitrogens is 2. The van der Waals surface area contributed by atoms with Crippen molar-refractivity contribution < 1.29 is 9.18 Å². The van der Waals surface area contributed by atoms with Crippen LogP contribution in [0.2, 0.25) is 5.02 Å². The molecule has 0 spiro atoms. The monoisotopic (exact) mass is 329 g/mol. The molecule has 6 heteroatoms. The van der Waals surface area contributed by atoms with Gasteiger partial charge in [0.05, 0.1) is 18.4 Å². The average molecular weight is 330 g/mol. The molecule has 0 radical (unpaired) electrons. The summed E-state index contributed by atoms with van der Waals surface area (Å²) < 4.78 is 14.6. The summed E-state index contributed by atoms with van der Waals surface area (Å²) in [5.41, 5.74) is 1.97. The molecule has 0 aliphatic heterocycles. The van der Waals surface area contributed by atoms with Gasteiger partial charge in [-0.15, -0.1) is 0 Å². The Hall–Kier alpha value is -2.66. The Labute approximate surface area is 137 Å². The molecule has 0 saturated carbocycles. The zero-order valence-corrected chi connectivity index (χ0v) is 12.8. The minimum absolute atomic E-state index is 0.313. The molecule has 1 N–H and O–H groups in total. The molecule has 0 aliphatic rings. The summed E-state index contributed by atoms with van der Waals surface area (Å²) in [6, 6.07) is 12.8. The van der Waals surface area contributed by atoms with Crippen molar-refractivity contribution in [2.24, 2.45) is 0 Å². The van der Waals surface area contributed by atoms with Gasteiger partial charge in [-0.1, -0.05) is 23.7 Å². The second kappa shape index (κ2) is 6.62. The van der Waals surface area contributed by atoms with E-state index in [0.717, 1.165) is 5.56 Å². The first kappa shape index (κ1) is 15.2. The van der Waals surface area contributed by atoms with E-state index >= 15 is 0 Å². The van der Waals surface area contributed by atoms with Gasteiger partial charge in [0.1, 0.15) is 5.82 Å². The zero-order chi connectivity index (χ0) is 16.2. The molecule has 0 bridgehead atoms. The predicted molar refractivity (Wildman–Crippen MR) is 87.1 cm³/mol. The third kappa shape index (κ3) is 3.96. The van der Waals surface area contributed by atoms with Crippen molar-refractivity contribution in [3.8, 4) is 0 Å². The molecule has 0 atom stereocenters. The van der Waals surface area contributed by atoms with Crippen LogP contribution in [0, 0.1) is 5.82 Å². The molecule has 0 saturated heterocycles. The molecule has 0 fully saturated rings. The SMILES string of the molecule is O=C(Nc1cnn(Cc2cccc(Cl)c2)c1)c1ccc(F)cc1. The van der Waals surface area contributed by atoms with E-state index < -0.39 is 0 Å². The van der Waals surface area contributed by atoms with Crippen LogP contribution < -0.4 is 5.32 Å². The third-order valence-electron chi connectivity index (χ3n) is 3.23. The molecule has 3 rings (SSSR count). The van der Waals surface area contributed by atoms with Crippen LogP contribution in [-0.2, 0) is 6.54 Å². The van der Waals surface area contributed by atoms with Gasteiger partial charge in [0.25, 0.3) is 5.91 Å². The zero-order valence-electron chi connectivity index (χ0n) is 12.0. The van der Waals surface area contributed by atoms with Gasteiger partial charge >= 0.3 is 0 Å². The predicted octanol–water partition coefficient (Wildman–Crippen LogP) is 3.98. The maximum absolute atomic E-state index is 12.9. The highest BCUT2D eigenvalue weighted by Gasteiger charge is 2.08. The molecule has 23 heavy (non-hydrogen) atoms. The first-order valence-electron chi connectivity index (χ1n) is 6.94. The summed E-state index contributed by atoms with van der Waals surface area (Å²) in [7, 11) is 0. The van der Waals surface area contributed by atoms with Crippen LogP contribution in [-0.4, -0.2) is 15.7 Å². The highest BCUT2D eigenvalue weighted by atomic mass is 35.5. The summed E-state index contributed by atoms with van der Waals surface area (Å²) >= 11 is 5.95. The second-order valence-corrected chi connectivity index (χ2v) is 5.45. The van der Waals surface area contributed by atoms with E-state index in [1.54, 1.807) is 17.1 Å². The van der Waals surface area contributed by atoms with Crippen LogP contribution in [0.4, 0.5) is 10.1 Å². The molecular formula is C17H13ClFN3O. The highest BCUT2D eigenvalue weighted by molar-refractivity contribution is 6.30. The lowest BCUT2D eigenvalue weighted by atomic mass is 10.2. The Balaban J connectivity index is 1.67. The molecule has 0 unspecified atom stereocenters. The van der Waals surface area contributed by atoms with Crippen LogP contribution in [0.25, 0.3) is 0 Å². The fourth-order valence-corrected chi connectivity index (χ4v) is 2.35. The Kier molecular flexibility index (Phi) is 4.39. The second-order valence-electron chi connectivity index (χ2n) is 5.02. The fraction of sp³-hybridized carbons (Fsp3) is 0.0588. The number of halogens is 2. The number of carbonyl (C=O) groups excluding carboxylic acids is 1. The number of nitrogens with zero attached hydrogens (tertiary/aromatic N) is 2. The van der Waals surface area contributed by atoms with Crippen LogP contribution in [0.1, 0.15) is 15.9 Å². The summed E-state index contributed by atoms with van der Waals surface area (Å²) in [4.78, 5) is 12.0. The quantitative estimate of drug-likeness (QED) is 0.787. The lowest BCUT2D eigenvalue weighted by Crippen LogP contribution is -2.11. The number of carbonyl (C=O) groups is 1. The van der Waals surface area contributed by atoms with Crippen molar-refractivity contribution in [3.05, 3.63) is 82.9 Å². The summed E-state index contributed by atoms with van der Waals surface area (Å²) in [6.07, 6.45) is 3.29. The maximum atomic E-state index is 12.9. The van der Waals surface area contributed by atoms with Crippen molar-refractivity contribution in [2.75, 3.05) is 5.32 Å². The van der Waals surface area contributed by atoms with Gasteiger partial charge in [-0.25, -0.2) is 4.39 Å². The number of amides is 1. The molecule has 2 aromatic carbocycles. The average Bonchev–Trinajstić information content (AvgIpc) is 2.95. The first-order chi connectivity index (χ1) is 11.1. The van der Waals surface area contributed by atoms with E-state index in [0.29, 0.717) is 22.8 Å². The number of rotatable bonds is 4. The Morgan fingerprint density at radius 1 is 1.22 bits per heavy atom. The molecular weight excluding hydrogens is 317 g/mol. The van der Waals surface area contributed by atoms with Crippen molar-refractivity contribution >= 4 is 23.2 Å². The first-order valence-corrected chi connectivity index (χ1v) is 7.32. The van der Waals surface area contributed by atoms with Crippen LogP contribution in [0.3, 0.4) is 0 Å². The van der Waals surface area contributed by atoms with Gasteiger partial charge in [-0.3, -0.25) is 9.48 Å². The van der Waals surface area contributed by atoms with E-state index in [4.69, 9.17) is 11.6 Å². The van der Waals surface area contributed by atoms with Gasteiger partial charge in [0.2, 0.25) is 0 Å². The lowest BCUT2D eigenvalue weighted by Gasteiger charge is -2.03. The molecule has 4 nitrogen and oxygen atoms in total. The van der Waals surface area contributed by atoms with Crippen LogP contribution >= 0.6 is 11.6 Å². The van der Waals surface area contributed by atoms with Crippen molar-refractivity contribution in [1.29, 1.82) is 0 Å². The fourth-order valence-electron chi connectivity index (χ4n) is 2.14. The van der Waals surface area contributed by atoms with E-state index in [2.05, 4.69) is 10.4 Å².